The third-order valence-electron chi connectivity index (χ3n) is 3.91. The van der Waals surface area contributed by atoms with Crippen LogP contribution in [0.15, 0.2) is 34.7 Å². The third-order valence-corrected chi connectivity index (χ3v) is 4.43. The summed E-state index contributed by atoms with van der Waals surface area (Å²) in [5.41, 5.74) is 0.953. The summed E-state index contributed by atoms with van der Waals surface area (Å²) in [5, 5.41) is 0. The summed E-state index contributed by atoms with van der Waals surface area (Å²) in [7, 11) is -5.17. The molecule has 4 atom stereocenters. The van der Waals surface area contributed by atoms with Crippen molar-refractivity contribution in [2.45, 2.75) is 45.1 Å². The molecule has 7 heteroatoms. The second kappa shape index (κ2) is 7.48. The first-order valence-electron chi connectivity index (χ1n) is 7.33. The van der Waals surface area contributed by atoms with Crippen molar-refractivity contribution in [1.82, 2.24) is 0 Å². The van der Waals surface area contributed by atoms with E-state index in [0.29, 0.717) is 6.61 Å². The molecule has 1 aliphatic heterocycles. The molecule has 0 N–H and O–H groups in total. The average Bonchev–Trinajstić information content (AvgIpc) is 2.46. The molecule has 1 aromatic rings. The topological polar surface area (TPSA) is 47.9 Å². The lowest BCUT2D eigenvalue weighted by Gasteiger charge is -2.39. The van der Waals surface area contributed by atoms with E-state index in [4.69, 9.17) is 9.47 Å². The number of halogens is 2. The lowest BCUT2D eigenvalue weighted by atomic mass is 9.89. The summed E-state index contributed by atoms with van der Waals surface area (Å²) in [5.74, 6) is -0.0991. The lowest BCUT2D eigenvalue weighted by Crippen LogP contribution is -2.48. The normalized spacial score (nSPS) is 29.3. The van der Waals surface area contributed by atoms with Gasteiger partial charge >= 0.3 is 10.5 Å². The predicted octanol–water partition coefficient (Wildman–Crippen LogP) is 3.62. The van der Waals surface area contributed by atoms with Gasteiger partial charge in [0.25, 0.3) is 0 Å². The Morgan fingerprint density at radius 1 is 1.36 bits per heavy atom. The Morgan fingerprint density at radius 3 is 2.64 bits per heavy atom. The maximum Gasteiger partial charge on any atom is 0.367 e. The zero-order valence-corrected chi connectivity index (χ0v) is 13.5. The van der Waals surface area contributed by atoms with Crippen LogP contribution in [0.3, 0.4) is 0 Å². The van der Waals surface area contributed by atoms with E-state index in [1.54, 1.807) is 0 Å². The molecule has 1 saturated heterocycles. The molecule has 0 unspecified atom stereocenters. The minimum absolute atomic E-state index is 0.00708. The van der Waals surface area contributed by atoms with E-state index >= 15 is 0 Å². The molecule has 0 aromatic heterocycles. The molecule has 1 aromatic carbocycles. The Hall–Kier alpha value is -1.05. The van der Waals surface area contributed by atoms with Crippen molar-refractivity contribution in [3.63, 3.8) is 0 Å². The maximum atomic E-state index is 12.8. The van der Waals surface area contributed by atoms with Crippen molar-refractivity contribution >= 4 is 10.5 Å². The van der Waals surface area contributed by atoms with Gasteiger partial charge in [0.05, 0.1) is 25.4 Å². The quantitative estimate of drug-likeness (QED) is 0.773. The van der Waals surface area contributed by atoms with E-state index in [9.17, 15) is 12.0 Å². The van der Waals surface area contributed by atoms with Crippen LogP contribution in [0.4, 0.5) is 7.77 Å². The molecule has 0 bridgehead atoms. The number of nitrogens with zero attached hydrogens (tertiary/aromatic N) is 1. The molecule has 0 saturated carbocycles. The molecule has 0 radical (unpaired) electrons. The van der Waals surface area contributed by atoms with Crippen LogP contribution in [-0.2, 0) is 26.6 Å². The van der Waals surface area contributed by atoms with E-state index in [2.05, 4.69) is 4.36 Å². The molecular formula is C15H21F2NO3S. The molecule has 1 aliphatic rings. The van der Waals surface area contributed by atoms with Crippen molar-refractivity contribution in [3.8, 4) is 0 Å². The van der Waals surface area contributed by atoms with Gasteiger partial charge < -0.3 is 9.47 Å². The summed E-state index contributed by atoms with van der Waals surface area (Å²) in [6.45, 7) is 4.18. The first-order valence-corrected chi connectivity index (χ1v) is 8.65. The molecule has 1 heterocycles. The van der Waals surface area contributed by atoms with E-state index in [1.165, 1.54) is 0 Å². The number of benzene rings is 1. The minimum atomic E-state index is -5.17. The number of rotatable bonds is 5. The van der Waals surface area contributed by atoms with Crippen LogP contribution in [0.25, 0.3) is 0 Å². The van der Waals surface area contributed by atoms with Gasteiger partial charge in [-0.1, -0.05) is 52.0 Å². The zero-order chi connectivity index (χ0) is 16.2. The van der Waals surface area contributed by atoms with E-state index < -0.39 is 22.6 Å². The Kier molecular flexibility index (Phi) is 5.88. The van der Waals surface area contributed by atoms with Crippen molar-refractivity contribution in [3.05, 3.63) is 35.9 Å². The highest BCUT2D eigenvalue weighted by molar-refractivity contribution is 7.83. The molecule has 124 valence electrons. The summed E-state index contributed by atoms with van der Waals surface area (Å²) >= 11 is 0. The average molecular weight is 333 g/mol. The molecule has 0 aliphatic carbocycles. The van der Waals surface area contributed by atoms with E-state index in [1.807, 2.05) is 44.2 Å². The molecule has 22 heavy (non-hydrogen) atoms. The van der Waals surface area contributed by atoms with Gasteiger partial charge in [0.1, 0.15) is 6.04 Å². The molecule has 2 rings (SSSR count). The standard InChI is InChI=1S/C15H21F2NO3S/c1-3-14-11(2)15(13(10-20-14)18-22(16,17)19)21-9-12-7-5-4-6-8-12/h4-8,11,13-15H,3,9-10H2,1-2H3/t11-,13+,14+,15-/m0/s1. The molecule has 4 nitrogen and oxygen atoms in total. The highest BCUT2D eigenvalue weighted by Gasteiger charge is 2.38. The molecule has 0 spiro atoms. The van der Waals surface area contributed by atoms with Crippen molar-refractivity contribution in [2.24, 2.45) is 10.3 Å². The second-order valence-corrected chi connectivity index (χ2v) is 6.47. The first kappa shape index (κ1) is 17.3. The zero-order valence-electron chi connectivity index (χ0n) is 12.7. The van der Waals surface area contributed by atoms with Crippen molar-refractivity contribution < 1.29 is 21.5 Å². The van der Waals surface area contributed by atoms with Gasteiger partial charge in [-0.3, -0.25) is 0 Å². The third kappa shape index (κ3) is 4.72. The van der Waals surface area contributed by atoms with Crippen molar-refractivity contribution in [1.29, 1.82) is 0 Å². The largest absolute Gasteiger partial charge is 0.375 e. The Labute approximate surface area is 130 Å². The van der Waals surface area contributed by atoms with Gasteiger partial charge in [-0.25, -0.2) is 0 Å². The summed E-state index contributed by atoms with van der Waals surface area (Å²) < 4.78 is 50.8. The fourth-order valence-electron chi connectivity index (χ4n) is 2.80. The molecule has 0 amide bonds. The fraction of sp³-hybridized carbons (Fsp3) is 0.600. The summed E-state index contributed by atoms with van der Waals surface area (Å²) in [6, 6.07) is 8.57. The summed E-state index contributed by atoms with van der Waals surface area (Å²) in [6.07, 6.45) is 0.161. The number of ether oxygens (including phenoxy) is 2. The van der Waals surface area contributed by atoms with Gasteiger partial charge in [0.2, 0.25) is 0 Å². The van der Waals surface area contributed by atoms with Gasteiger partial charge in [-0.15, -0.1) is 0 Å². The highest BCUT2D eigenvalue weighted by Crippen LogP contribution is 2.29. The van der Waals surface area contributed by atoms with Crippen LogP contribution >= 0.6 is 0 Å². The molecular weight excluding hydrogens is 312 g/mol. The Morgan fingerprint density at radius 2 is 2.05 bits per heavy atom. The van der Waals surface area contributed by atoms with E-state index in [-0.39, 0.29) is 18.6 Å². The van der Waals surface area contributed by atoms with Gasteiger partial charge in [0, 0.05) is 5.92 Å². The Bertz CT molecular complexity index is 582. The Balaban J connectivity index is 2.14. The fourth-order valence-corrected chi connectivity index (χ4v) is 3.29. The van der Waals surface area contributed by atoms with Crippen LogP contribution < -0.4 is 0 Å². The van der Waals surface area contributed by atoms with Crippen LogP contribution in [0.1, 0.15) is 25.8 Å². The second-order valence-electron chi connectivity index (χ2n) is 5.47. The number of hydrogen-bond acceptors (Lipinski definition) is 4. The highest BCUT2D eigenvalue weighted by atomic mass is 32.3. The van der Waals surface area contributed by atoms with Crippen LogP contribution in [0, 0.1) is 5.92 Å². The monoisotopic (exact) mass is 333 g/mol. The SMILES string of the molecule is CC[C@H]1OC[C@@H](N=S(=O)(F)F)[C@@H](OCc2ccccc2)[C@H]1C. The smallest absolute Gasteiger partial charge is 0.367 e. The maximum absolute atomic E-state index is 12.8. The van der Waals surface area contributed by atoms with Gasteiger partial charge in [-0.2, -0.15) is 8.57 Å². The molecule has 1 fully saturated rings. The van der Waals surface area contributed by atoms with Gasteiger partial charge in [0.15, 0.2) is 0 Å². The first-order chi connectivity index (χ1) is 10.4. The lowest BCUT2D eigenvalue weighted by molar-refractivity contribution is -0.127. The minimum Gasteiger partial charge on any atom is -0.375 e. The predicted molar refractivity (Wildman–Crippen MR) is 80.8 cm³/mol. The van der Waals surface area contributed by atoms with Crippen LogP contribution in [-0.4, -0.2) is 29.1 Å². The van der Waals surface area contributed by atoms with E-state index in [0.717, 1.165) is 12.0 Å². The summed E-state index contributed by atoms with van der Waals surface area (Å²) in [4.78, 5) is 0. The van der Waals surface area contributed by atoms with Gasteiger partial charge in [-0.05, 0) is 12.0 Å². The van der Waals surface area contributed by atoms with Crippen LogP contribution in [0.5, 0.6) is 0 Å². The van der Waals surface area contributed by atoms with Crippen LogP contribution in [0.2, 0.25) is 0 Å². The van der Waals surface area contributed by atoms with Crippen molar-refractivity contribution in [2.75, 3.05) is 6.61 Å². The number of hydrogen-bond donors (Lipinski definition) is 0.